The monoisotopic (exact) mass is 466 g/mol. The van der Waals surface area contributed by atoms with E-state index >= 15 is 0 Å². The van der Waals surface area contributed by atoms with Crippen LogP contribution in [0.1, 0.15) is 52.6 Å². The van der Waals surface area contributed by atoms with E-state index < -0.39 is 21.8 Å². The molecule has 8 heteroatoms. The van der Waals surface area contributed by atoms with Crippen LogP contribution in [0.2, 0.25) is 0 Å². The van der Waals surface area contributed by atoms with E-state index in [2.05, 4.69) is 5.43 Å². The SMILES string of the molecule is Cc1ccc(C(=O)N(NC(=O)c2ccc(O)cc2)S(=O)(=O)c2ccc(C(C)(C)C)cc2)cc1. The molecule has 3 aromatic rings. The van der Waals surface area contributed by atoms with E-state index in [1.165, 1.54) is 48.5 Å². The maximum atomic E-state index is 13.4. The van der Waals surface area contributed by atoms with E-state index in [4.69, 9.17) is 0 Å². The zero-order chi connectivity index (χ0) is 24.4. The number of carbonyl (C=O) groups excluding carboxylic acids is 2. The van der Waals surface area contributed by atoms with Gasteiger partial charge in [0.15, 0.2) is 0 Å². The number of nitrogens with zero attached hydrogens (tertiary/aromatic N) is 1. The lowest BCUT2D eigenvalue weighted by Gasteiger charge is -2.24. The molecule has 0 spiro atoms. The van der Waals surface area contributed by atoms with Crippen molar-refractivity contribution in [3.63, 3.8) is 0 Å². The minimum atomic E-state index is -4.43. The zero-order valence-electron chi connectivity index (χ0n) is 18.9. The highest BCUT2D eigenvalue weighted by atomic mass is 32.2. The third kappa shape index (κ3) is 5.40. The molecule has 0 bridgehead atoms. The van der Waals surface area contributed by atoms with E-state index in [-0.39, 0.29) is 27.2 Å². The van der Waals surface area contributed by atoms with Crippen LogP contribution in [-0.2, 0) is 15.4 Å². The molecule has 0 aliphatic carbocycles. The number of hydrogen-bond acceptors (Lipinski definition) is 5. The molecule has 3 aromatic carbocycles. The highest BCUT2D eigenvalue weighted by molar-refractivity contribution is 7.89. The molecule has 0 aliphatic rings. The predicted octanol–water partition coefficient (Wildman–Crippen LogP) is 4.17. The van der Waals surface area contributed by atoms with Gasteiger partial charge in [0.1, 0.15) is 5.75 Å². The van der Waals surface area contributed by atoms with Gasteiger partial charge in [0.2, 0.25) is 0 Å². The molecule has 3 rings (SSSR count). The molecule has 0 heterocycles. The number of nitrogens with one attached hydrogen (secondary N) is 1. The lowest BCUT2D eigenvalue weighted by Crippen LogP contribution is -2.49. The average Bonchev–Trinajstić information content (AvgIpc) is 2.77. The van der Waals surface area contributed by atoms with E-state index in [1.807, 2.05) is 27.7 Å². The van der Waals surface area contributed by atoms with Crippen molar-refractivity contribution in [1.29, 1.82) is 0 Å². The second-order valence-corrected chi connectivity index (χ2v) is 10.5. The number of aromatic hydroxyl groups is 1. The van der Waals surface area contributed by atoms with Crippen molar-refractivity contribution in [2.24, 2.45) is 0 Å². The van der Waals surface area contributed by atoms with Gasteiger partial charge in [0, 0.05) is 11.1 Å². The third-order valence-electron chi connectivity index (χ3n) is 5.07. The van der Waals surface area contributed by atoms with E-state index in [9.17, 15) is 23.1 Å². The number of carbonyl (C=O) groups is 2. The van der Waals surface area contributed by atoms with Gasteiger partial charge < -0.3 is 5.11 Å². The smallest absolute Gasteiger partial charge is 0.286 e. The van der Waals surface area contributed by atoms with Gasteiger partial charge in [-0.15, -0.1) is 4.41 Å². The van der Waals surface area contributed by atoms with Crippen LogP contribution in [0.4, 0.5) is 0 Å². The summed E-state index contributed by atoms with van der Waals surface area (Å²) in [5.41, 5.74) is 4.03. The van der Waals surface area contributed by atoms with Crippen molar-refractivity contribution in [2.45, 2.75) is 38.0 Å². The van der Waals surface area contributed by atoms with Crippen molar-refractivity contribution < 1.29 is 23.1 Å². The number of hydrazine groups is 1. The predicted molar refractivity (Wildman–Crippen MR) is 125 cm³/mol. The van der Waals surface area contributed by atoms with Crippen molar-refractivity contribution in [2.75, 3.05) is 0 Å². The molecule has 0 saturated heterocycles. The largest absolute Gasteiger partial charge is 0.508 e. The summed E-state index contributed by atoms with van der Waals surface area (Å²) in [7, 11) is -4.43. The first-order chi connectivity index (χ1) is 15.4. The van der Waals surface area contributed by atoms with Gasteiger partial charge in [0.25, 0.3) is 21.8 Å². The Labute approximate surface area is 193 Å². The Morgan fingerprint density at radius 2 is 1.33 bits per heavy atom. The molecule has 0 unspecified atom stereocenters. The molecular formula is C25H26N2O5S. The average molecular weight is 467 g/mol. The van der Waals surface area contributed by atoms with Crippen LogP contribution in [0.5, 0.6) is 5.75 Å². The maximum absolute atomic E-state index is 13.4. The summed E-state index contributed by atoms with van der Waals surface area (Å²) in [5.74, 6) is -1.77. The molecule has 0 aliphatic heterocycles. The lowest BCUT2D eigenvalue weighted by molar-refractivity contribution is 0.0724. The molecule has 0 saturated carbocycles. The lowest BCUT2D eigenvalue weighted by atomic mass is 9.87. The fourth-order valence-corrected chi connectivity index (χ4v) is 4.25. The van der Waals surface area contributed by atoms with Crippen LogP contribution in [0.3, 0.4) is 0 Å². The molecule has 0 radical (unpaired) electrons. The van der Waals surface area contributed by atoms with Crippen molar-refractivity contribution >= 4 is 21.8 Å². The summed E-state index contributed by atoms with van der Waals surface area (Å²) < 4.78 is 27.3. The third-order valence-corrected chi connectivity index (χ3v) is 6.68. The highest BCUT2D eigenvalue weighted by Gasteiger charge is 2.32. The van der Waals surface area contributed by atoms with Gasteiger partial charge in [-0.2, -0.15) is 8.42 Å². The number of sulfonamides is 1. The Kier molecular flexibility index (Phi) is 6.60. The number of benzene rings is 3. The first kappa shape index (κ1) is 24.0. The second-order valence-electron chi connectivity index (χ2n) is 8.70. The Hall–Kier alpha value is -3.65. The molecule has 0 atom stereocenters. The Balaban J connectivity index is 2.02. The number of hydrogen-bond donors (Lipinski definition) is 2. The van der Waals surface area contributed by atoms with Gasteiger partial charge in [-0.1, -0.05) is 50.6 Å². The summed E-state index contributed by atoms with van der Waals surface area (Å²) in [5, 5.41) is 9.44. The van der Waals surface area contributed by atoms with Crippen LogP contribution in [0.25, 0.3) is 0 Å². The van der Waals surface area contributed by atoms with E-state index in [1.54, 1.807) is 24.3 Å². The number of amides is 2. The van der Waals surface area contributed by atoms with Crippen LogP contribution in [0.15, 0.2) is 77.7 Å². The first-order valence-corrected chi connectivity index (χ1v) is 11.7. The number of rotatable bonds is 4. The van der Waals surface area contributed by atoms with Gasteiger partial charge in [-0.05, 0) is 66.4 Å². The Bertz CT molecular complexity index is 1260. The van der Waals surface area contributed by atoms with Crippen LogP contribution in [0, 0.1) is 6.92 Å². The summed E-state index contributed by atoms with van der Waals surface area (Å²) in [6, 6.07) is 17.8. The highest BCUT2D eigenvalue weighted by Crippen LogP contribution is 2.25. The molecule has 172 valence electrons. The van der Waals surface area contributed by atoms with Crippen molar-refractivity contribution in [3.8, 4) is 5.75 Å². The molecule has 0 fully saturated rings. The zero-order valence-corrected chi connectivity index (χ0v) is 19.7. The molecule has 2 amide bonds. The van der Waals surface area contributed by atoms with E-state index in [0.29, 0.717) is 4.41 Å². The Morgan fingerprint density at radius 3 is 1.85 bits per heavy atom. The number of phenols is 1. The van der Waals surface area contributed by atoms with Gasteiger partial charge in [0.05, 0.1) is 4.90 Å². The van der Waals surface area contributed by atoms with Crippen LogP contribution >= 0.6 is 0 Å². The maximum Gasteiger partial charge on any atom is 0.286 e. The summed E-state index contributed by atoms with van der Waals surface area (Å²) in [6.07, 6.45) is 0. The Morgan fingerprint density at radius 1 is 0.818 bits per heavy atom. The fraction of sp³-hybridized carbons (Fsp3) is 0.200. The normalized spacial score (nSPS) is 11.6. The standard InChI is InChI=1S/C25H26N2O5S/c1-17-5-7-19(8-6-17)24(30)27(26-23(29)18-9-13-21(28)14-10-18)33(31,32)22-15-11-20(12-16-22)25(2,3)4/h5-16,28H,1-4H3,(H,26,29). The molecule has 0 aromatic heterocycles. The minimum absolute atomic E-state index is 0.0503. The van der Waals surface area contributed by atoms with Gasteiger partial charge >= 0.3 is 0 Å². The summed E-state index contributed by atoms with van der Waals surface area (Å²) in [6.45, 7) is 7.84. The van der Waals surface area contributed by atoms with Gasteiger partial charge in [-0.25, -0.2) is 5.43 Å². The molecule has 7 nitrogen and oxygen atoms in total. The summed E-state index contributed by atoms with van der Waals surface area (Å²) in [4.78, 5) is 25.8. The number of aryl methyl sites for hydroxylation is 1. The topological polar surface area (TPSA) is 104 Å². The van der Waals surface area contributed by atoms with Crippen molar-refractivity contribution in [1.82, 2.24) is 9.84 Å². The summed E-state index contributed by atoms with van der Waals surface area (Å²) >= 11 is 0. The number of phenolic OH excluding ortho intramolecular Hbond substituents is 1. The van der Waals surface area contributed by atoms with Crippen LogP contribution in [-0.4, -0.2) is 29.8 Å². The molecule has 33 heavy (non-hydrogen) atoms. The minimum Gasteiger partial charge on any atom is -0.508 e. The first-order valence-electron chi connectivity index (χ1n) is 10.3. The molecule has 2 N–H and O–H groups in total. The second kappa shape index (κ2) is 9.07. The van der Waals surface area contributed by atoms with E-state index in [0.717, 1.165) is 11.1 Å². The molecular weight excluding hydrogens is 440 g/mol. The van der Waals surface area contributed by atoms with Gasteiger partial charge in [-0.3, -0.25) is 9.59 Å². The quantitative estimate of drug-likeness (QED) is 0.562. The van der Waals surface area contributed by atoms with Crippen LogP contribution < -0.4 is 5.43 Å². The fourth-order valence-electron chi connectivity index (χ4n) is 3.04. The van der Waals surface area contributed by atoms with Crippen molar-refractivity contribution in [3.05, 3.63) is 95.1 Å².